The van der Waals surface area contributed by atoms with Gasteiger partial charge in [0, 0.05) is 34.1 Å². The molecule has 12 rings (SSSR count). The van der Waals surface area contributed by atoms with Crippen molar-refractivity contribution in [3.05, 3.63) is 368 Å². The molecule has 0 radical (unpaired) electrons. The molecule has 0 aliphatic heterocycles. The van der Waals surface area contributed by atoms with Gasteiger partial charge in [-0.2, -0.15) is 0 Å². The lowest BCUT2D eigenvalue weighted by atomic mass is 9.95. The number of aryl methyl sites for hydroxylation is 4. The predicted molar refractivity (Wildman–Crippen MR) is 391 cm³/mol. The lowest BCUT2D eigenvalue weighted by molar-refractivity contribution is 0.864. The molecule has 0 unspecified atom stereocenters. The van der Waals surface area contributed by atoms with Gasteiger partial charge in [0.2, 0.25) is 0 Å². The van der Waals surface area contributed by atoms with E-state index in [1.54, 1.807) is 0 Å². The largest absolute Gasteiger partial charge is 0.310 e. The zero-order valence-corrected chi connectivity index (χ0v) is 53.1. The van der Waals surface area contributed by atoms with Crippen LogP contribution in [0, 0.1) is 27.7 Å². The van der Waals surface area contributed by atoms with Gasteiger partial charge in [-0.25, -0.2) is 0 Å². The highest BCUT2D eigenvalue weighted by Gasteiger charge is 2.19. The van der Waals surface area contributed by atoms with Gasteiger partial charge in [0.15, 0.2) is 0 Å². The molecule has 0 atom stereocenters. The van der Waals surface area contributed by atoms with Crippen molar-refractivity contribution in [2.45, 2.75) is 67.2 Å². The number of rotatable bonds is 18. The van der Waals surface area contributed by atoms with Crippen molar-refractivity contribution >= 4 is 92.5 Å². The number of hydrogen-bond acceptors (Lipinski definition) is 2. The first kappa shape index (κ1) is 59.8. The highest BCUT2D eigenvalue weighted by Crippen LogP contribution is 2.41. The maximum absolute atomic E-state index is 2.39. The molecule has 2 heteroatoms. The number of nitrogens with zero attached hydrogens (tertiary/aromatic N) is 2. The molecule has 0 spiro atoms. The SMILES string of the molecule is Cc1ccc(C(=Cc2ccc(N(c3ccc(C=Cc4cc5ccccc5cc4C=Cc4ccc(N(c5ccc(C=C(c6ccccc6)c6ccc(C)cc6)cc5)c5ccc(C(C)C)cc5C)cc4)cc3)c3ccc(C(C)C)cc3C)cc2)c2ccccc2)cc1. The van der Waals surface area contributed by atoms with Crippen LogP contribution in [0.3, 0.4) is 0 Å². The van der Waals surface area contributed by atoms with E-state index < -0.39 is 0 Å². The van der Waals surface area contributed by atoms with Crippen molar-refractivity contribution < 1.29 is 0 Å². The quantitative estimate of drug-likeness (QED) is 0.0790. The van der Waals surface area contributed by atoms with Gasteiger partial charge in [-0.3, -0.25) is 0 Å². The zero-order chi connectivity index (χ0) is 62.1. The second kappa shape index (κ2) is 27.2. The zero-order valence-electron chi connectivity index (χ0n) is 53.1. The molecule has 0 aromatic heterocycles. The van der Waals surface area contributed by atoms with Crippen molar-refractivity contribution in [2.75, 3.05) is 9.80 Å². The first-order chi connectivity index (χ1) is 43.9. The number of hydrogen-bond donors (Lipinski definition) is 0. The van der Waals surface area contributed by atoms with Crippen LogP contribution in [0.1, 0.15) is 129 Å². The Morgan fingerprint density at radius 1 is 0.289 bits per heavy atom. The molecule has 12 aromatic rings. The van der Waals surface area contributed by atoms with E-state index in [0.29, 0.717) is 11.8 Å². The molecule has 0 aliphatic carbocycles. The third-order valence-corrected chi connectivity index (χ3v) is 17.2. The van der Waals surface area contributed by atoms with Crippen LogP contribution in [-0.2, 0) is 0 Å². The third-order valence-electron chi connectivity index (χ3n) is 17.2. The smallest absolute Gasteiger partial charge is 0.0490 e. The summed E-state index contributed by atoms with van der Waals surface area (Å²) in [5.41, 5.74) is 28.4. The monoisotopic (exact) mass is 1160 g/mol. The Balaban J connectivity index is 0.829. The van der Waals surface area contributed by atoms with Crippen LogP contribution in [0.15, 0.2) is 279 Å². The first-order valence-electron chi connectivity index (χ1n) is 31.7. The van der Waals surface area contributed by atoms with Crippen molar-refractivity contribution in [3.63, 3.8) is 0 Å². The first-order valence-corrected chi connectivity index (χ1v) is 31.7. The van der Waals surface area contributed by atoms with Gasteiger partial charge in [0.25, 0.3) is 0 Å². The van der Waals surface area contributed by atoms with Crippen molar-refractivity contribution in [3.8, 4) is 0 Å². The molecular formula is C88H78N2. The molecule has 0 aliphatic rings. The lowest BCUT2D eigenvalue weighted by Gasteiger charge is -2.28. The summed E-state index contributed by atoms with van der Waals surface area (Å²) in [5, 5.41) is 2.42. The Labute approximate surface area is 534 Å². The minimum Gasteiger partial charge on any atom is -0.310 e. The molecule has 2 nitrogen and oxygen atoms in total. The van der Waals surface area contributed by atoms with E-state index in [9.17, 15) is 0 Å². The Morgan fingerprint density at radius 2 is 0.600 bits per heavy atom. The molecule has 90 heavy (non-hydrogen) atoms. The molecule has 0 fully saturated rings. The molecule has 0 N–H and O–H groups in total. The average molecular weight is 1160 g/mol. The summed E-state index contributed by atoms with van der Waals surface area (Å²) in [5.74, 6) is 0.871. The Hall–Kier alpha value is -10.5. The number of anilines is 6. The van der Waals surface area contributed by atoms with E-state index in [1.165, 1.54) is 77.6 Å². The van der Waals surface area contributed by atoms with Gasteiger partial charge in [0.1, 0.15) is 0 Å². The molecule has 0 heterocycles. The fourth-order valence-electron chi connectivity index (χ4n) is 12.0. The predicted octanol–water partition coefficient (Wildman–Crippen LogP) is 24.8. The Kier molecular flexibility index (Phi) is 18.1. The number of fused-ring (bicyclic) bond motifs is 1. The van der Waals surface area contributed by atoms with Gasteiger partial charge >= 0.3 is 0 Å². The average Bonchev–Trinajstić information content (AvgIpc) is 1.23. The fourth-order valence-corrected chi connectivity index (χ4v) is 12.0. The molecule has 0 bridgehead atoms. The summed E-state index contributed by atoms with van der Waals surface area (Å²) in [6, 6.07) is 102. The maximum atomic E-state index is 2.39. The molecule has 440 valence electrons. The minimum atomic E-state index is 0.435. The lowest BCUT2D eigenvalue weighted by Crippen LogP contribution is -2.11. The summed E-state index contributed by atoms with van der Waals surface area (Å²) < 4.78 is 0. The summed E-state index contributed by atoms with van der Waals surface area (Å²) in [4.78, 5) is 4.79. The topological polar surface area (TPSA) is 6.48 Å². The van der Waals surface area contributed by atoms with Crippen molar-refractivity contribution in [1.29, 1.82) is 0 Å². The van der Waals surface area contributed by atoms with Crippen LogP contribution >= 0.6 is 0 Å². The van der Waals surface area contributed by atoms with Gasteiger partial charge < -0.3 is 9.80 Å². The van der Waals surface area contributed by atoms with Crippen LogP contribution < -0.4 is 9.80 Å². The third kappa shape index (κ3) is 13.9. The highest BCUT2D eigenvalue weighted by molar-refractivity contribution is 5.95. The van der Waals surface area contributed by atoms with E-state index >= 15 is 0 Å². The molecule has 0 amide bonds. The second-order valence-electron chi connectivity index (χ2n) is 24.5. The van der Waals surface area contributed by atoms with Crippen LogP contribution in [0.4, 0.5) is 34.1 Å². The van der Waals surface area contributed by atoms with E-state index in [-0.39, 0.29) is 0 Å². The van der Waals surface area contributed by atoms with E-state index in [1.807, 2.05) is 0 Å². The molecule has 12 aromatic carbocycles. The van der Waals surface area contributed by atoms with E-state index in [4.69, 9.17) is 0 Å². The molecular weight excluding hydrogens is 1080 g/mol. The van der Waals surface area contributed by atoms with E-state index in [2.05, 4.69) is 381 Å². The molecule has 0 saturated carbocycles. The number of benzene rings is 12. The van der Waals surface area contributed by atoms with Crippen molar-refractivity contribution in [1.82, 2.24) is 0 Å². The van der Waals surface area contributed by atoms with Crippen LogP contribution in [0.5, 0.6) is 0 Å². The molecule has 0 saturated heterocycles. The Bertz CT molecular complexity index is 4250. The minimum absolute atomic E-state index is 0.435. The summed E-state index contributed by atoms with van der Waals surface area (Å²) >= 11 is 0. The summed E-state index contributed by atoms with van der Waals surface area (Å²) in [7, 11) is 0. The fraction of sp³-hybridized carbons (Fsp3) is 0.114. The van der Waals surface area contributed by atoms with Crippen LogP contribution in [0.25, 0.3) is 58.4 Å². The Morgan fingerprint density at radius 3 is 0.922 bits per heavy atom. The highest BCUT2D eigenvalue weighted by atomic mass is 15.1. The van der Waals surface area contributed by atoms with Crippen LogP contribution in [0.2, 0.25) is 0 Å². The van der Waals surface area contributed by atoms with Crippen molar-refractivity contribution in [2.24, 2.45) is 0 Å². The van der Waals surface area contributed by atoms with Gasteiger partial charge in [-0.15, -0.1) is 0 Å². The normalized spacial score (nSPS) is 12.0. The van der Waals surface area contributed by atoms with Crippen LogP contribution in [-0.4, -0.2) is 0 Å². The summed E-state index contributed by atoms with van der Waals surface area (Å²) in [6.45, 7) is 17.8. The maximum Gasteiger partial charge on any atom is 0.0490 e. The standard InChI is InChI=1S/C88H78N2/c1-61(2)75-43-53-87(65(7)55-75)89(83-49-33-69(34-50-83)57-85(71-17-11-9-12-18-71)73-37-23-63(5)24-38-73)81-45-29-67(30-46-81)27-41-79-59-77-21-15-16-22-78(77)60-80(79)42-28-68-31-47-82(48-32-68)90(88-54-44-76(62(3)4)56-66(88)8)84-51-35-70(36-52-84)58-86(72-19-13-10-14-20-72)74-39-25-64(6)26-40-74/h9-62H,1-8H3. The summed E-state index contributed by atoms with van der Waals surface area (Å²) in [6.07, 6.45) is 13.6. The van der Waals surface area contributed by atoms with E-state index in [0.717, 1.165) is 67.5 Å². The van der Waals surface area contributed by atoms with Gasteiger partial charge in [-0.1, -0.05) is 269 Å². The van der Waals surface area contributed by atoms with Gasteiger partial charge in [0.05, 0.1) is 0 Å². The second-order valence-corrected chi connectivity index (χ2v) is 24.5. The van der Waals surface area contributed by atoms with Gasteiger partial charge in [-0.05, 0) is 224 Å².